The van der Waals surface area contributed by atoms with Crippen LogP contribution in [0.3, 0.4) is 0 Å². The molecule has 4 nitrogen and oxygen atoms in total. The maximum Gasteiger partial charge on any atom is 0.250 e. The van der Waals surface area contributed by atoms with Crippen LogP contribution in [0.4, 0.5) is 5.69 Å². The lowest BCUT2D eigenvalue weighted by Crippen LogP contribution is -2.40. The third-order valence-corrected chi connectivity index (χ3v) is 6.79. The van der Waals surface area contributed by atoms with Crippen molar-refractivity contribution in [1.82, 2.24) is 4.72 Å². The molecule has 0 aliphatic heterocycles. The number of rotatable bonds is 7. The molecule has 2 aromatic rings. The van der Waals surface area contributed by atoms with E-state index in [1.54, 1.807) is 6.07 Å². The zero-order chi connectivity index (χ0) is 16.2. The van der Waals surface area contributed by atoms with Gasteiger partial charge in [0, 0.05) is 30.2 Å². The molecule has 0 saturated heterocycles. The quantitative estimate of drug-likeness (QED) is 0.844. The van der Waals surface area contributed by atoms with Gasteiger partial charge in [0.1, 0.15) is 4.21 Å². The van der Waals surface area contributed by atoms with Crippen molar-refractivity contribution in [1.29, 1.82) is 0 Å². The highest BCUT2D eigenvalue weighted by Crippen LogP contribution is 2.22. The van der Waals surface area contributed by atoms with Crippen molar-refractivity contribution in [2.45, 2.75) is 30.5 Å². The van der Waals surface area contributed by atoms with E-state index in [1.165, 1.54) is 11.3 Å². The molecule has 1 atom stereocenters. The van der Waals surface area contributed by atoms with E-state index in [4.69, 9.17) is 0 Å². The van der Waals surface area contributed by atoms with E-state index in [0.29, 0.717) is 10.8 Å². The highest BCUT2D eigenvalue weighted by Gasteiger charge is 2.19. The first-order valence-corrected chi connectivity index (χ1v) is 9.60. The number of nitrogens with zero attached hydrogens (tertiary/aromatic N) is 1. The Balaban J connectivity index is 1.99. The van der Waals surface area contributed by atoms with Gasteiger partial charge in [-0.15, -0.1) is 11.3 Å². The minimum absolute atomic E-state index is 0.0581. The van der Waals surface area contributed by atoms with Crippen molar-refractivity contribution >= 4 is 27.0 Å². The molecule has 1 aromatic carbocycles. The van der Waals surface area contributed by atoms with Gasteiger partial charge in [0.25, 0.3) is 0 Å². The fraction of sp³-hybridized carbons (Fsp3) is 0.375. The number of hydrogen-bond acceptors (Lipinski definition) is 4. The number of sulfonamides is 1. The Labute approximate surface area is 136 Å². The highest BCUT2D eigenvalue weighted by atomic mass is 32.2. The molecule has 0 bridgehead atoms. The van der Waals surface area contributed by atoms with Gasteiger partial charge in [0.2, 0.25) is 10.0 Å². The lowest BCUT2D eigenvalue weighted by atomic mass is 10.2. The summed E-state index contributed by atoms with van der Waals surface area (Å²) in [6, 6.07) is 13.5. The Bertz CT molecular complexity index is 696. The van der Waals surface area contributed by atoms with Gasteiger partial charge >= 0.3 is 0 Å². The molecule has 0 amide bonds. The summed E-state index contributed by atoms with van der Waals surface area (Å²) in [5, 5.41) is 0. The molecule has 0 spiro atoms. The predicted octanol–water partition coefficient (Wildman–Crippen LogP) is 3.11. The summed E-state index contributed by atoms with van der Waals surface area (Å²) >= 11 is 1.33. The predicted molar refractivity (Wildman–Crippen MR) is 93.2 cm³/mol. The minimum atomic E-state index is -3.42. The molecule has 1 unspecified atom stereocenters. The van der Waals surface area contributed by atoms with Crippen molar-refractivity contribution < 1.29 is 8.42 Å². The standard InChI is InChI=1S/C16H22N2O2S2/c1-4-15-10-11-16(21-15)22(19,20)17-12-13(2)18(3)14-8-6-5-7-9-14/h5-11,13,17H,4,12H2,1-3H3. The van der Waals surface area contributed by atoms with Crippen LogP contribution in [-0.2, 0) is 16.4 Å². The first kappa shape index (κ1) is 17.0. The van der Waals surface area contributed by atoms with Crippen LogP contribution in [0.1, 0.15) is 18.7 Å². The Kier molecular flexibility index (Phi) is 5.61. The normalized spacial score (nSPS) is 13.0. The molecule has 0 aliphatic rings. The smallest absolute Gasteiger partial charge is 0.250 e. The molecular weight excluding hydrogens is 316 g/mol. The second kappa shape index (κ2) is 7.26. The molecular formula is C16H22N2O2S2. The third kappa shape index (κ3) is 4.09. The molecule has 0 saturated carbocycles. The fourth-order valence-electron chi connectivity index (χ4n) is 2.05. The van der Waals surface area contributed by atoms with Crippen LogP contribution < -0.4 is 9.62 Å². The van der Waals surface area contributed by atoms with E-state index >= 15 is 0 Å². The first-order chi connectivity index (χ1) is 10.4. The van der Waals surface area contributed by atoms with E-state index in [2.05, 4.69) is 9.62 Å². The highest BCUT2D eigenvalue weighted by molar-refractivity contribution is 7.91. The molecule has 2 rings (SSSR count). The summed E-state index contributed by atoms with van der Waals surface area (Å²) < 4.78 is 27.7. The van der Waals surface area contributed by atoms with E-state index in [-0.39, 0.29) is 6.04 Å². The topological polar surface area (TPSA) is 49.4 Å². The average Bonchev–Trinajstić information content (AvgIpc) is 3.03. The van der Waals surface area contributed by atoms with Gasteiger partial charge in [0.15, 0.2) is 0 Å². The number of likely N-dealkylation sites (N-methyl/N-ethyl adjacent to an activating group) is 1. The van der Waals surface area contributed by atoms with Crippen molar-refractivity contribution in [3.63, 3.8) is 0 Å². The Morgan fingerprint density at radius 2 is 1.86 bits per heavy atom. The maximum absolute atomic E-state index is 12.3. The Hall–Kier alpha value is -1.37. The second-order valence-electron chi connectivity index (χ2n) is 5.22. The van der Waals surface area contributed by atoms with Crippen LogP contribution in [0.2, 0.25) is 0 Å². The van der Waals surface area contributed by atoms with Crippen molar-refractivity contribution in [2.24, 2.45) is 0 Å². The zero-order valence-electron chi connectivity index (χ0n) is 13.1. The molecule has 0 aliphatic carbocycles. The van der Waals surface area contributed by atoms with Crippen LogP contribution in [0.25, 0.3) is 0 Å². The van der Waals surface area contributed by atoms with Gasteiger partial charge in [-0.1, -0.05) is 25.1 Å². The largest absolute Gasteiger partial charge is 0.371 e. The van der Waals surface area contributed by atoms with Gasteiger partial charge in [-0.05, 0) is 37.6 Å². The number of hydrogen-bond donors (Lipinski definition) is 1. The number of aryl methyl sites for hydroxylation is 1. The number of thiophene rings is 1. The van der Waals surface area contributed by atoms with E-state index in [0.717, 1.165) is 17.0 Å². The number of anilines is 1. The van der Waals surface area contributed by atoms with Gasteiger partial charge in [0.05, 0.1) is 0 Å². The van der Waals surface area contributed by atoms with Crippen molar-refractivity contribution in [2.75, 3.05) is 18.5 Å². The van der Waals surface area contributed by atoms with E-state index in [1.807, 2.05) is 57.3 Å². The van der Waals surface area contributed by atoms with Crippen LogP contribution in [0.5, 0.6) is 0 Å². The van der Waals surface area contributed by atoms with Crippen LogP contribution in [-0.4, -0.2) is 28.1 Å². The molecule has 1 heterocycles. The van der Waals surface area contributed by atoms with Crippen LogP contribution in [0.15, 0.2) is 46.7 Å². The first-order valence-electron chi connectivity index (χ1n) is 7.30. The summed E-state index contributed by atoms with van der Waals surface area (Å²) in [5.74, 6) is 0. The molecule has 1 aromatic heterocycles. The summed E-state index contributed by atoms with van der Waals surface area (Å²) in [7, 11) is -1.45. The monoisotopic (exact) mass is 338 g/mol. The molecule has 120 valence electrons. The zero-order valence-corrected chi connectivity index (χ0v) is 14.7. The minimum Gasteiger partial charge on any atom is -0.371 e. The maximum atomic E-state index is 12.3. The summed E-state index contributed by atoms with van der Waals surface area (Å²) in [4.78, 5) is 3.14. The van der Waals surface area contributed by atoms with Gasteiger partial charge in [-0.3, -0.25) is 0 Å². The number of para-hydroxylation sites is 1. The van der Waals surface area contributed by atoms with E-state index < -0.39 is 10.0 Å². The molecule has 0 fully saturated rings. The lowest BCUT2D eigenvalue weighted by Gasteiger charge is -2.27. The Morgan fingerprint density at radius 1 is 1.18 bits per heavy atom. The summed E-state index contributed by atoms with van der Waals surface area (Å²) in [5.41, 5.74) is 1.07. The molecule has 1 N–H and O–H groups in total. The van der Waals surface area contributed by atoms with Gasteiger partial charge < -0.3 is 4.90 Å². The fourth-order valence-corrected chi connectivity index (χ4v) is 4.51. The SMILES string of the molecule is CCc1ccc(S(=O)(=O)NCC(C)N(C)c2ccccc2)s1. The lowest BCUT2D eigenvalue weighted by molar-refractivity contribution is 0.572. The van der Waals surface area contributed by atoms with E-state index in [9.17, 15) is 8.42 Å². The second-order valence-corrected chi connectivity index (χ2v) is 8.38. The van der Waals surface area contributed by atoms with Crippen LogP contribution >= 0.6 is 11.3 Å². The third-order valence-electron chi connectivity index (χ3n) is 3.64. The number of nitrogens with one attached hydrogen (secondary N) is 1. The summed E-state index contributed by atoms with van der Waals surface area (Å²) in [6.07, 6.45) is 0.854. The van der Waals surface area contributed by atoms with Crippen LogP contribution in [0, 0.1) is 0 Å². The Morgan fingerprint density at radius 3 is 2.45 bits per heavy atom. The average molecular weight is 338 g/mol. The number of benzene rings is 1. The van der Waals surface area contributed by atoms with Gasteiger partial charge in [-0.2, -0.15) is 0 Å². The van der Waals surface area contributed by atoms with Crippen molar-refractivity contribution in [3.05, 3.63) is 47.3 Å². The van der Waals surface area contributed by atoms with Gasteiger partial charge in [-0.25, -0.2) is 13.1 Å². The van der Waals surface area contributed by atoms with Crippen molar-refractivity contribution in [3.8, 4) is 0 Å². The molecule has 0 radical (unpaired) electrons. The molecule has 6 heteroatoms. The summed E-state index contributed by atoms with van der Waals surface area (Å²) in [6.45, 7) is 4.39. The molecule has 22 heavy (non-hydrogen) atoms.